The van der Waals surface area contributed by atoms with Gasteiger partial charge in [0, 0.05) is 17.5 Å². The molecule has 1 aromatic rings. The van der Waals surface area contributed by atoms with E-state index in [-0.39, 0.29) is 5.78 Å². The van der Waals surface area contributed by atoms with Crippen molar-refractivity contribution in [2.75, 3.05) is 0 Å². The summed E-state index contributed by atoms with van der Waals surface area (Å²) in [7, 11) is 0. The molecule has 0 unspecified atom stereocenters. The number of carbonyl (C=O) groups excluding carboxylic acids is 1. The standard InChI is InChI=1S/C29H51NO/c1-4-5-6-7-8-9-10-11-12-13-14-15-16-17-18-19-20-25-28(31)26-23-21-22-24-27(26)29(2,3)30/h21-24H,4-20,25,30H2,1-3H3. The average Bonchev–Trinajstić information content (AvgIpc) is 2.75. The van der Waals surface area contributed by atoms with E-state index >= 15 is 0 Å². The zero-order valence-corrected chi connectivity index (χ0v) is 21.0. The lowest BCUT2D eigenvalue weighted by Gasteiger charge is -2.22. The minimum absolute atomic E-state index is 0.245. The molecule has 0 fully saturated rings. The Balaban J connectivity index is 1.94. The first-order chi connectivity index (χ1) is 15.0. The summed E-state index contributed by atoms with van der Waals surface area (Å²) >= 11 is 0. The van der Waals surface area contributed by atoms with Gasteiger partial charge >= 0.3 is 0 Å². The van der Waals surface area contributed by atoms with Crippen LogP contribution < -0.4 is 5.73 Å². The monoisotopic (exact) mass is 429 g/mol. The number of carbonyl (C=O) groups is 1. The fourth-order valence-electron chi connectivity index (χ4n) is 4.43. The minimum Gasteiger partial charge on any atom is -0.322 e. The third-order valence-electron chi connectivity index (χ3n) is 6.43. The van der Waals surface area contributed by atoms with Gasteiger partial charge in [0.15, 0.2) is 5.78 Å². The second kappa shape index (κ2) is 17.4. The number of hydrogen-bond acceptors (Lipinski definition) is 2. The first kappa shape index (κ1) is 27.9. The Morgan fingerprint density at radius 2 is 1.06 bits per heavy atom. The maximum absolute atomic E-state index is 12.6. The number of ketones is 1. The van der Waals surface area contributed by atoms with Crippen LogP contribution in [0.15, 0.2) is 24.3 Å². The molecule has 0 saturated carbocycles. The van der Waals surface area contributed by atoms with Crippen LogP contribution in [0.3, 0.4) is 0 Å². The number of nitrogens with two attached hydrogens (primary N) is 1. The van der Waals surface area contributed by atoms with E-state index in [1.807, 2.05) is 38.1 Å². The SMILES string of the molecule is CCCCCCCCCCCCCCCCCCCC(=O)c1ccccc1C(C)(C)N. The predicted octanol–water partition coefficient (Wildman–Crippen LogP) is 9.10. The number of rotatable bonds is 20. The van der Waals surface area contributed by atoms with Gasteiger partial charge in [-0.1, -0.05) is 134 Å². The second-order valence-corrected chi connectivity index (χ2v) is 10.1. The molecule has 0 aliphatic heterocycles. The minimum atomic E-state index is -0.472. The first-order valence-electron chi connectivity index (χ1n) is 13.4. The molecule has 0 atom stereocenters. The summed E-state index contributed by atoms with van der Waals surface area (Å²) in [4.78, 5) is 12.6. The Morgan fingerprint density at radius 1 is 0.677 bits per heavy atom. The molecule has 0 saturated heterocycles. The highest BCUT2D eigenvalue weighted by molar-refractivity contribution is 5.97. The molecule has 0 aromatic heterocycles. The fourth-order valence-corrected chi connectivity index (χ4v) is 4.43. The summed E-state index contributed by atoms with van der Waals surface area (Å²) in [6.45, 7) is 6.22. The normalized spacial score (nSPS) is 11.7. The van der Waals surface area contributed by atoms with E-state index in [4.69, 9.17) is 5.73 Å². The molecule has 31 heavy (non-hydrogen) atoms. The Labute approximate surface area is 193 Å². The van der Waals surface area contributed by atoms with E-state index in [0.717, 1.165) is 24.0 Å². The molecule has 0 aliphatic rings. The molecule has 0 heterocycles. The smallest absolute Gasteiger partial charge is 0.163 e. The molecule has 0 radical (unpaired) electrons. The third kappa shape index (κ3) is 13.8. The van der Waals surface area contributed by atoms with Crippen molar-refractivity contribution in [3.8, 4) is 0 Å². The summed E-state index contributed by atoms with van der Waals surface area (Å²) in [5, 5.41) is 0. The number of benzene rings is 1. The van der Waals surface area contributed by atoms with Crippen LogP contribution in [0.1, 0.15) is 152 Å². The van der Waals surface area contributed by atoms with Gasteiger partial charge in [-0.25, -0.2) is 0 Å². The molecule has 1 rings (SSSR count). The second-order valence-electron chi connectivity index (χ2n) is 10.1. The van der Waals surface area contributed by atoms with Crippen LogP contribution in [0.25, 0.3) is 0 Å². The van der Waals surface area contributed by atoms with E-state index in [0.29, 0.717) is 6.42 Å². The van der Waals surface area contributed by atoms with Gasteiger partial charge in [0.25, 0.3) is 0 Å². The van der Waals surface area contributed by atoms with Crippen molar-refractivity contribution in [3.63, 3.8) is 0 Å². The summed E-state index contributed by atoms with van der Waals surface area (Å²) in [6.07, 6.45) is 23.8. The molecule has 2 nitrogen and oxygen atoms in total. The van der Waals surface area contributed by atoms with E-state index in [1.165, 1.54) is 96.3 Å². The van der Waals surface area contributed by atoms with Crippen molar-refractivity contribution in [1.29, 1.82) is 0 Å². The predicted molar refractivity (Wildman–Crippen MR) is 137 cm³/mol. The molecule has 2 heteroatoms. The maximum Gasteiger partial charge on any atom is 0.163 e. The topological polar surface area (TPSA) is 43.1 Å². The van der Waals surface area contributed by atoms with Crippen molar-refractivity contribution in [2.45, 2.75) is 142 Å². The van der Waals surface area contributed by atoms with Gasteiger partial charge in [-0.15, -0.1) is 0 Å². The molecule has 0 spiro atoms. The quantitative estimate of drug-likeness (QED) is 0.166. The Morgan fingerprint density at radius 3 is 1.48 bits per heavy atom. The summed E-state index contributed by atoms with van der Waals surface area (Å²) in [5.41, 5.74) is 7.54. The number of hydrogen-bond donors (Lipinski definition) is 1. The van der Waals surface area contributed by atoms with Crippen molar-refractivity contribution < 1.29 is 4.79 Å². The highest BCUT2D eigenvalue weighted by Gasteiger charge is 2.21. The van der Waals surface area contributed by atoms with Crippen LogP contribution in [-0.4, -0.2) is 5.78 Å². The number of unbranched alkanes of at least 4 members (excludes halogenated alkanes) is 16. The van der Waals surface area contributed by atoms with E-state index < -0.39 is 5.54 Å². The van der Waals surface area contributed by atoms with Gasteiger partial charge in [0.05, 0.1) is 0 Å². The molecule has 178 valence electrons. The molecule has 2 N–H and O–H groups in total. The molecule has 1 aromatic carbocycles. The van der Waals surface area contributed by atoms with Gasteiger partial charge in [-0.3, -0.25) is 4.79 Å². The fraction of sp³-hybridized carbons (Fsp3) is 0.759. The summed E-state index contributed by atoms with van der Waals surface area (Å²) in [5.74, 6) is 0.245. The lowest BCUT2D eigenvalue weighted by atomic mass is 9.88. The zero-order valence-electron chi connectivity index (χ0n) is 21.0. The van der Waals surface area contributed by atoms with Crippen LogP contribution in [0.5, 0.6) is 0 Å². The third-order valence-corrected chi connectivity index (χ3v) is 6.43. The Bertz CT molecular complexity index is 572. The average molecular weight is 430 g/mol. The molecular weight excluding hydrogens is 378 g/mol. The molecular formula is C29H51NO. The summed E-state index contributed by atoms with van der Waals surface area (Å²) < 4.78 is 0. The lowest BCUT2D eigenvalue weighted by molar-refractivity contribution is 0.0976. The van der Waals surface area contributed by atoms with Crippen molar-refractivity contribution >= 4 is 5.78 Å². The van der Waals surface area contributed by atoms with E-state index in [9.17, 15) is 4.79 Å². The molecule has 0 bridgehead atoms. The van der Waals surface area contributed by atoms with Crippen molar-refractivity contribution in [2.24, 2.45) is 5.73 Å². The highest BCUT2D eigenvalue weighted by atomic mass is 16.1. The summed E-state index contributed by atoms with van der Waals surface area (Å²) in [6, 6.07) is 7.83. The largest absolute Gasteiger partial charge is 0.322 e. The van der Waals surface area contributed by atoms with Crippen molar-refractivity contribution in [1.82, 2.24) is 0 Å². The van der Waals surface area contributed by atoms with E-state index in [1.54, 1.807) is 0 Å². The van der Waals surface area contributed by atoms with Crippen LogP contribution >= 0.6 is 0 Å². The van der Waals surface area contributed by atoms with Gasteiger partial charge in [-0.2, -0.15) is 0 Å². The van der Waals surface area contributed by atoms with Crippen molar-refractivity contribution in [3.05, 3.63) is 35.4 Å². The Hall–Kier alpha value is -1.15. The van der Waals surface area contributed by atoms with Crippen LogP contribution in [0, 0.1) is 0 Å². The van der Waals surface area contributed by atoms with Gasteiger partial charge in [0.1, 0.15) is 0 Å². The maximum atomic E-state index is 12.6. The van der Waals surface area contributed by atoms with E-state index in [2.05, 4.69) is 6.92 Å². The number of Topliss-reactive ketones (excluding diaryl/α,β-unsaturated/α-hetero) is 1. The van der Waals surface area contributed by atoms with Crippen LogP contribution in [0.2, 0.25) is 0 Å². The highest BCUT2D eigenvalue weighted by Crippen LogP contribution is 2.23. The van der Waals surface area contributed by atoms with Gasteiger partial charge < -0.3 is 5.73 Å². The van der Waals surface area contributed by atoms with Gasteiger partial charge in [0.2, 0.25) is 0 Å². The zero-order chi connectivity index (χ0) is 22.8. The molecule has 0 amide bonds. The Kier molecular flexibility index (Phi) is 15.7. The molecule has 0 aliphatic carbocycles. The van der Waals surface area contributed by atoms with Crippen LogP contribution in [0.4, 0.5) is 0 Å². The van der Waals surface area contributed by atoms with Gasteiger partial charge in [-0.05, 0) is 25.8 Å². The first-order valence-corrected chi connectivity index (χ1v) is 13.4. The lowest BCUT2D eigenvalue weighted by Crippen LogP contribution is -2.30. The van der Waals surface area contributed by atoms with Crippen LogP contribution in [-0.2, 0) is 5.54 Å².